The largest absolute Gasteiger partial charge is 0.495 e. The van der Waals surface area contributed by atoms with E-state index in [-0.39, 0.29) is 18.8 Å². The lowest BCUT2D eigenvalue weighted by Gasteiger charge is -2.64. The van der Waals surface area contributed by atoms with E-state index >= 15 is 0 Å². The molecule has 1 heterocycles. The Morgan fingerprint density at radius 3 is 2.61 bits per heavy atom. The molecule has 2 aromatic carbocycles. The van der Waals surface area contributed by atoms with Gasteiger partial charge in [0.25, 0.3) is 0 Å². The Labute approximate surface area is 138 Å². The van der Waals surface area contributed by atoms with Gasteiger partial charge in [0, 0.05) is 0 Å². The highest BCUT2D eigenvalue weighted by atomic mass is 16.7. The predicted molar refractivity (Wildman–Crippen MR) is 93.7 cm³/mol. The number of hydrogen-bond acceptors (Lipinski definition) is 2. The summed E-state index contributed by atoms with van der Waals surface area (Å²) in [6, 6.07) is 14.9. The first-order valence-corrected chi connectivity index (χ1v) is 8.81. The van der Waals surface area contributed by atoms with Gasteiger partial charge in [0.1, 0.15) is 0 Å². The molecule has 3 saturated carbocycles. The molecule has 1 saturated heterocycles. The van der Waals surface area contributed by atoms with Gasteiger partial charge in [-0.3, -0.25) is 0 Å². The fourth-order valence-corrected chi connectivity index (χ4v) is 5.45. The second kappa shape index (κ2) is 4.40. The standard InChI is InChI=1S/C20H23BO2/c1-19(2)14-11-17(19)20(3)18(12-14)22-21(23-20)16-10-6-8-13-7-4-5-9-15(13)16/h4-10,14,17-18H,11-12H2,1-3H3/t14-,17-,18+,20-/m0/s1. The van der Waals surface area contributed by atoms with Crippen molar-refractivity contribution in [1.82, 2.24) is 0 Å². The summed E-state index contributed by atoms with van der Waals surface area (Å²) in [7, 11) is -0.230. The Bertz CT molecular complexity index is 781. The van der Waals surface area contributed by atoms with Crippen molar-refractivity contribution >= 4 is 23.4 Å². The van der Waals surface area contributed by atoms with Crippen LogP contribution in [0.5, 0.6) is 0 Å². The lowest BCUT2D eigenvalue weighted by molar-refractivity contribution is -0.199. The van der Waals surface area contributed by atoms with Crippen molar-refractivity contribution in [2.45, 2.75) is 45.3 Å². The fraction of sp³-hybridized carbons (Fsp3) is 0.500. The SMILES string of the molecule is CC1(C)[C@@H]2C[C@H]3OB(c4cccc5ccccc45)O[C@@]3(C)[C@H]1C2. The number of fused-ring (bicyclic) bond motifs is 1. The zero-order chi connectivity index (χ0) is 15.8. The van der Waals surface area contributed by atoms with E-state index in [9.17, 15) is 0 Å². The van der Waals surface area contributed by atoms with Gasteiger partial charge in [-0.05, 0) is 53.3 Å². The monoisotopic (exact) mass is 306 g/mol. The molecule has 4 fully saturated rings. The highest BCUT2D eigenvalue weighted by Gasteiger charge is 2.68. The molecule has 0 unspecified atom stereocenters. The molecule has 23 heavy (non-hydrogen) atoms. The van der Waals surface area contributed by atoms with Crippen LogP contribution in [0.1, 0.15) is 33.6 Å². The average Bonchev–Trinajstić information content (AvgIpc) is 2.90. The smallest absolute Gasteiger partial charge is 0.401 e. The fourth-order valence-electron chi connectivity index (χ4n) is 5.45. The van der Waals surface area contributed by atoms with Gasteiger partial charge >= 0.3 is 7.12 Å². The summed E-state index contributed by atoms with van der Waals surface area (Å²) in [5, 5.41) is 2.50. The Morgan fingerprint density at radius 1 is 1.00 bits per heavy atom. The third kappa shape index (κ3) is 1.73. The molecule has 2 nitrogen and oxygen atoms in total. The average molecular weight is 306 g/mol. The maximum absolute atomic E-state index is 6.61. The highest BCUT2D eigenvalue weighted by Crippen LogP contribution is 2.65. The number of hydrogen-bond donors (Lipinski definition) is 0. The Balaban J connectivity index is 1.55. The van der Waals surface area contributed by atoms with Crippen LogP contribution in [0.2, 0.25) is 0 Å². The van der Waals surface area contributed by atoms with Gasteiger partial charge in [-0.1, -0.05) is 56.3 Å². The second-order valence-corrected chi connectivity index (χ2v) is 8.37. The van der Waals surface area contributed by atoms with Gasteiger partial charge in [-0.15, -0.1) is 0 Å². The van der Waals surface area contributed by atoms with E-state index in [4.69, 9.17) is 9.31 Å². The van der Waals surface area contributed by atoms with E-state index < -0.39 is 0 Å². The third-order valence-corrected chi connectivity index (χ3v) is 7.03. The summed E-state index contributed by atoms with van der Waals surface area (Å²) in [5.74, 6) is 1.40. The number of rotatable bonds is 1. The maximum atomic E-state index is 6.61. The van der Waals surface area contributed by atoms with Crippen LogP contribution >= 0.6 is 0 Å². The Morgan fingerprint density at radius 2 is 1.78 bits per heavy atom. The molecule has 2 aromatic rings. The Hall–Kier alpha value is -1.32. The van der Waals surface area contributed by atoms with Crippen LogP contribution in [-0.2, 0) is 9.31 Å². The van der Waals surface area contributed by atoms with Crippen molar-refractivity contribution in [3.8, 4) is 0 Å². The van der Waals surface area contributed by atoms with Crippen LogP contribution < -0.4 is 5.46 Å². The summed E-state index contributed by atoms with van der Waals surface area (Å²) < 4.78 is 13.0. The van der Waals surface area contributed by atoms with Gasteiger partial charge in [0.05, 0.1) is 11.7 Å². The minimum absolute atomic E-state index is 0.139. The van der Waals surface area contributed by atoms with Crippen molar-refractivity contribution < 1.29 is 9.31 Å². The van der Waals surface area contributed by atoms with Crippen molar-refractivity contribution in [1.29, 1.82) is 0 Å². The van der Waals surface area contributed by atoms with Gasteiger partial charge in [-0.2, -0.15) is 0 Å². The maximum Gasteiger partial charge on any atom is 0.495 e. The molecule has 4 atom stereocenters. The van der Waals surface area contributed by atoms with Crippen molar-refractivity contribution in [3.63, 3.8) is 0 Å². The summed E-state index contributed by atoms with van der Waals surface area (Å²) in [6.07, 6.45) is 2.68. The van der Waals surface area contributed by atoms with Crippen LogP contribution in [0.25, 0.3) is 10.8 Å². The molecule has 3 heteroatoms. The van der Waals surface area contributed by atoms with Crippen LogP contribution in [0, 0.1) is 17.3 Å². The summed E-state index contributed by atoms with van der Waals surface area (Å²) in [4.78, 5) is 0. The van der Waals surface area contributed by atoms with Gasteiger partial charge < -0.3 is 9.31 Å². The van der Waals surface area contributed by atoms with Gasteiger partial charge in [0.2, 0.25) is 0 Å². The molecule has 1 aliphatic heterocycles. The molecule has 6 rings (SSSR count). The van der Waals surface area contributed by atoms with Crippen molar-refractivity contribution in [2.75, 3.05) is 0 Å². The summed E-state index contributed by atoms with van der Waals surface area (Å²) >= 11 is 0. The van der Waals surface area contributed by atoms with E-state index in [1.165, 1.54) is 22.7 Å². The molecule has 3 aliphatic carbocycles. The lowest BCUT2D eigenvalue weighted by atomic mass is 9.43. The molecule has 118 valence electrons. The van der Waals surface area contributed by atoms with Crippen LogP contribution in [-0.4, -0.2) is 18.8 Å². The molecule has 4 aliphatic rings. The lowest BCUT2D eigenvalue weighted by Crippen LogP contribution is -2.65. The van der Waals surface area contributed by atoms with Gasteiger partial charge in [-0.25, -0.2) is 0 Å². The van der Waals surface area contributed by atoms with Crippen LogP contribution in [0.4, 0.5) is 0 Å². The minimum Gasteiger partial charge on any atom is -0.401 e. The molecule has 0 radical (unpaired) electrons. The van der Waals surface area contributed by atoms with E-state index in [1.807, 2.05) is 0 Å². The predicted octanol–water partition coefficient (Wildman–Crippen LogP) is 3.78. The molecular weight excluding hydrogens is 283 g/mol. The molecule has 0 N–H and O–H groups in total. The summed E-state index contributed by atoms with van der Waals surface area (Å²) in [5.41, 5.74) is 1.43. The molecule has 0 amide bonds. The zero-order valence-electron chi connectivity index (χ0n) is 14.1. The second-order valence-electron chi connectivity index (χ2n) is 8.37. The zero-order valence-corrected chi connectivity index (χ0v) is 14.1. The van der Waals surface area contributed by atoms with Crippen molar-refractivity contribution in [2.24, 2.45) is 17.3 Å². The van der Waals surface area contributed by atoms with Gasteiger partial charge in [0.15, 0.2) is 0 Å². The molecular formula is C20H23BO2. The highest BCUT2D eigenvalue weighted by molar-refractivity contribution is 6.65. The summed E-state index contributed by atoms with van der Waals surface area (Å²) in [6.45, 7) is 7.09. The Kier molecular flexibility index (Phi) is 2.69. The first-order valence-electron chi connectivity index (χ1n) is 8.81. The van der Waals surface area contributed by atoms with E-state index in [0.29, 0.717) is 11.3 Å². The topological polar surface area (TPSA) is 18.5 Å². The van der Waals surface area contributed by atoms with Crippen LogP contribution in [0.15, 0.2) is 42.5 Å². The third-order valence-electron chi connectivity index (χ3n) is 7.03. The molecule has 0 aromatic heterocycles. The normalized spacial score (nSPS) is 37.5. The minimum atomic E-state index is -0.230. The first-order chi connectivity index (χ1) is 11.0. The van der Waals surface area contributed by atoms with E-state index in [0.717, 1.165) is 12.3 Å². The quantitative estimate of drug-likeness (QED) is 0.747. The molecule has 0 spiro atoms. The van der Waals surface area contributed by atoms with E-state index in [1.54, 1.807) is 0 Å². The van der Waals surface area contributed by atoms with Crippen molar-refractivity contribution in [3.05, 3.63) is 42.5 Å². The van der Waals surface area contributed by atoms with Crippen LogP contribution in [0.3, 0.4) is 0 Å². The van der Waals surface area contributed by atoms with E-state index in [2.05, 4.69) is 63.2 Å². The molecule has 2 bridgehead atoms. The first kappa shape index (κ1) is 14.1. The number of benzene rings is 2.